The molecule has 0 aliphatic rings. The normalized spacial score (nSPS) is 11.2. The van der Waals surface area contributed by atoms with Gasteiger partial charge in [-0.3, -0.25) is 14.0 Å². The fraction of sp³-hybridized carbons (Fsp3) is 0.192. The summed E-state index contributed by atoms with van der Waals surface area (Å²) >= 11 is 0. The molecule has 10 nitrogen and oxygen atoms in total. The van der Waals surface area contributed by atoms with Crippen molar-refractivity contribution in [3.8, 4) is 17.0 Å². The summed E-state index contributed by atoms with van der Waals surface area (Å²) in [7, 11) is -4.14. The van der Waals surface area contributed by atoms with E-state index in [4.69, 9.17) is 13.9 Å². The van der Waals surface area contributed by atoms with Crippen molar-refractivity contribution in [2.24, 2.45) is 0 Å². The SMILES string of the molecule is CCOC(=O)CNc1c(-c2cccc(OS(=O)(=O)c3ccc(NC(C)=O)cc3)c2)nc2cccc(C)n12. The minimum absolute atomic E-state index is 0.0628. The molecule has 0 radical (unpaired) electrons. The Morgan fingerprint density at radius 1 is 1.03 bits per heavy atom. The van der Waals surface area contributed by atoms with Gasteiger partial charge < -0.3 is 19.6 Å². The number of hydrogen-bond acceptors (Lipinski definition) is 8. The van der Waals surface area contributed by atoms with Gasteiger partial charge in [0.05, 0.1) is 6.61 Å². The Balaban J connectivity index is 1.66. The van der Waals surface area contributed by atoms with Crippen LogP contribution in [0.4, 0.5) is 11.5 Å². The lowest BCUT2D eigenvalue weighted by atomic mass is 10.1. The lowest BCUT2D eigenvalue weighted by Gasteiger charge is -2.11. The Morgan fingerprint density at radius 2 is 1.76 bits per heavy atom. The number of amides is 1. The second-order valence-electron chi connectivity index (χ2n) is 8.10. The molecule has 2 aromatic heterocycles. The number of carbonyl (C=O) groups excluding carboxylic acids is 2. The summed E-state index contributed by atoms with van der Waals surface area (Å²) < 4.78 is 38.1. The van der Waals surface area contributed by atoms with Crippen LogP contribution in [0.3, 0.4) is 0 Å². The number of carbonyl (C=O) groups is 2. The maximum Gasteiger partial charge on any atom is 0.339 e. The predicted octanol–water partition coefficient (Wildman–Crippen LogP) is 4.01. The van der Waals surface area contributed by atoms with E-state index in [1.165, 1.54) is 37.3 Å². The zero-order valence-electron chi connectivity index (χ0n) is 20.5. The first-order valence-corrected chi connectivity index (χ1v) is 12.9. The van der Waals surface area contributed by atoms with Gasteiger partial charge >= 0.3 is 16.1 Å². The van der Waals surface area contributed by atoms with Gasteiger partial charge in [0.1, 0.15) is 34.3 Å². The van der Waals surface area contributed by atoms with Gasteiger partial charge in [0.15, 0.2) is 0 Å². The molecule has 4 rings (SSSR count). The number of aromatic nitrogens is 2. The third-order valence-corrected chi connectivity index (χ3v) is 6.58. The maximum atomic E-state index is 12.9. The molecule has 2 heterocycles. The van der Waals surface area contributed by atoms with Gasteiger partial charge in [-0.25, -0.2) is 4.98 Å². The van der Waals surface area contributed by atoms with Crippen molar-refractivity contribution in [1.29, 1.82) is 0 Å². The van der Waals surface area contributed by atoms with E-state index >= 15 is 0 Å². The Morgan fingerprint density at radius 3 is 2.46 bits per heavy atom. The molecule has 0 aliphatic carbocycles. The van der Waals surface area contributed by atoms with Gasteiger partial charge in [-0.2, -0.15) is 8.42 Å². The highest BCUT2D eigenvalue weighted by Crippen LogP contribution is 2.32. The third kappa shape index (κ3) is 5.89. The van der Waals surface area contributed by atoms with Gasteiger partial charge in [0.25, 0.3) is 0 Å². The van der Waals surface area contributed by atoms with E-state index in [9.17, 15) is 18.0 Å². The number of hydrogen-bond donors (Lipinski definition) is 2. The number of ether oxygens (including phenoxy) is 1. The van der Waals surface area contributed by atoms with Crippen molar-refractivity contribution >= 4 is 39.1 Å². The van der Waals surface area contributed by atoms with Gasteiger partial charge in [0, 0.05) is 23.9 Å². The van der Waals surface area contributed by atoms with Crippen molar-refractivity contribution in [3.05, 3.63) is 72.4 Å². The van der Waals surface area contributed by atoms with Crippen molar-refractivity contribution < 1.29 is 26.9 Å². The van der Waals surface area contributed by atoms with Gasteiger partial charge in [-0.1, -0.05) is 18.2 Å². The summed E-state index contributed by atoms with van der Waals surface area (Å²) in [4.78, 5) is 27.8. The van der Waals surface area contributed by atoms with E-state index in [1.807, 2.05) is 29.5 Å². The smallest absolute Gasteiger partial charge is 0.339 e. The number of nitrogens with zero attached hydrogens (tertiary/aromatic N) is 2. The van der Waals surface area contributed by atoms with Crippen LogP contribution in [0.5, 0.6) is 5.75 Å². The largest absolute Gasteiger partial charge is 0.465 e. The summed E-state index contributed by atoms with van der Waals surface area (Å²) in [5.74, 6) is -0.0186. The molecule has 0 aliphatic heterocycles. The summed E-state index contributed by atoms with van der Waals surface area (Å²) in [6.07, 6.45) is 0. The van der Waals surface area contributed by atoms with Crippen LogP contribution < -0.4 is 14.8 Å². The quantitative estimate of drug-likeness (QED) is 0.249. The molecule has 0 atom stereocenters. The van der Waals surface area contributed by atoms with Gasteiger partial charge in [-0.15, -0.1) is 0 Å². The molecular formula is C26H26N4O6S. The molecule has 4 aromatic rings. The third-order valence-electron chi connectivity index (χ3n) is 5.32. The Bertz CT molecular complexity index is 1560. The molecule has 0 saturated carbocycles. The fourth-order valence-corrected chi connectivity index (χ4v) is 4.69. The van der Waals surface area contributed by atoms with E-state index in [2.05, 4.69) is 10.6 Å². The minimum Gasteiger partial charge on any atom is -0.465 e. The molecule has 0 unspecified atom stereocenters. The number of pyridine rings is 1. The van der Waals surface area contributed by atoms with Crippen LogP contribution in [0.1, 0.15) is 19.5 Å². The monoisotopic (exact) mass is 522 g/mol. The Hall–Kier alpha value is -4.38. The van der Waals surface area contributed by atoms with Crippen molar-refractivity contribution in [2.75, 3.05) is 23.8 Å². The Labute approximate surface area is 214 Å². The number of benzene rings is 2. The lowest BCUT2D eigenvalue weighted by molar-refractivity contribution is -0.140. The van der Waals surface area contributed by atoms with Crippen LogP contribution in [-0.2, 0) is 24.4 Å². The zero-order valence-corrected chi connectivity index (χ0v) is 21.3. The average Bonchev–Trinajstić information content (AvgIpc) is 3.23. The van der Waals surface area contributed by atoms with E-state index in [0.717, 1.165) is 5.69 Å². The number of imidazole rings is 1. The van der Waals surface area contributed by atoms with Crippen molar-refractivity contribution in [3.63, 3.8) is 0 Å². The van der Waals surface area contributed by atoms with Crippen molar-refractivity contribution in [2.45, 2.75) is 25.7 Å². The molecule has 0 fully saturated rings. The highest BCUT2D eigenvalue weighted by molar-refractivity contribution is 7.87. The zero-order chi connectivity index (χ0) is 26.6. The average molecular weight is 523 g/mol. The molecule has 2 N–H and O–H groups in total. The first-order valence-electron chi connectivity index (χ1n) is 11.5. The molecular weight excluding hydrogens is 496 g/mol. The summed E-state index contributed by atoms with van der Waals surface area (Å²) in [6.45, 7) is 5.21. The first-order chi connectivity index (χ1) is 17.7. The second kappa shape index (κ2) is 10.7. The standard InChI is InChI=1S/C26H26N4O6S/c1-4-35-24(32)16-27-26-25(29-23-10-5-7-17(2)30(23)26)19-8-6-9-21(15-19)36-37(33,34)22-13-11-20(12-14-22)28-18(3)31/h5-15,27H,4,16H2,1-3H3,(H,28,31). The van der Waals surface area contributed by atoms with Crippen LogP contribution in [0.15, 0.2) is 71.6 Å². The van der Waals surface area contributed by atoms with Crippen LogP contribution in [0.25, 0.3) is 16.9 Å². The number of fused-ring (bicyclic) bond motifs is 1. The Kier molecular flexibility index (Phi) is 7.44. The maximum absolute atomic E-state index is 12.9. The molecule has 11 heteroatoms. The molecule has 37 heavy (non-hydrogen) atoms. The molecule has 192 valence electrons. The lowest BCUT2D eigenvalue weighted by Crippen LogP contribution is -2.18. The minimum atomic E-state index is -4.14. The summed E-state index contributed by atoms with van der Waals surface area (Å²) in [6, 6.07) is 17.8. The van der Waals surface area contributed by atoms with Crippen LogP contribution in [0, 0.1) is 6.92 Å². The van der Waals surface area contributed by atoms with Crippen molar-refractivity contribution in [1.82, 2.24) is 9.38 Å². The highest BCUT2D eigenvalue weighted by atomic mass is 32.2. The molecule has 0 saturated heterocycles. The van der Waals surface area contributed by atoms with Crippen LogP contribution >= 0.6 is 0 Å². The highest BCUT2D eigenvalue weighted by Gasteiger charge is 2.20. The number of esters is 1. The van der Waals surface area contributed by atoms with E-state index in [-0.39, 0.29) is 29.7 Å². The van der Waals surface area contributed by atoms with Gasteiger partial charge in [-0.05, 0) is 62.4 Å². The van der Waals surface area contributed by atoms with E-state index in [0.29, 0.717) is 28.4 Å². The molecule has 1 amide bonds. The number of nitrogens with one attached hydrogen (secondary N) is 2. The summed E-state index contributed by atoms with van der Waals surface area (Å²) in [5, 5.41) is 5.69. The predicted molar refractivity (Wildman–Crippen MR) is 139 cm³/mol. The first kappa shape index (κ1) is 25.7. The topological polar surface area (TPSA) is 128 Å². The van der Waals surface area contributed by atoms with Crippen LogP contribution in [0.2, 0.25) is 0 Å². The molecule has 0 bridgehead atoms. The second-order valence-corrected chi connectivity index (χ2v) is 9.65. The van der Waals surface area contributed by atoms with E-state index in [1.54, 1.807) is 25.1 Å². The fourth-order valence-electron chi connectivity index (χ4n) is 3.76. The van der Waals surface area contributed by atoms with E-state index < -0.39 is 16.1 Å². The molecule has 0 spiro atoms. The number of aryl methyl sites for hydroxylation is 1. The molecule has 2 aromatic carbocycles. The number of rotatable bonds is 9. The summed E-state index contributed by atoms with van der Waals surface area (Å²) in [5.41, 5.74) is 3.11. The van der Waals surface area contributed by atoms with Crippen LogP contribution in [-0.4, -0.2) is 42.8 Å². The number of anilines is 2. The van der Waals surface area contributed by atoms with Gasteiger partial charge in [0.2, 0.25) is 5.91 Å².